The summed E-state index contributed by atoms with van der Waals surface area (Å²) in [4.78, 5) is 4.52. The fourth-order valence-corrected chi connectivity index (χ4v) is 2.76. The van der Waals surface area contributed by atoms with Crippen molar-refractivity contribution >= 4 is 5.69 Å². The second-order valence-electron chi connectivity index (χ2n) is 4.66. The van der Waals surface area contributed by atoms with E-state index >= 15 is 0 Å². The monoisotopic (exact) mass is 204 g/mol. The van der Waals surface area contributed by atoms with Gasteiger partial charge in [-0.2, -0.15) is 0 Å². The molecule has 0 radical (unpaired) electrons. The van der Waals surface area contributed by atoms with Gasteiger partial charge < -0.3 is 9.64 Å². The average Bonchev–Trinajstić information content (AvgIpc) is 2.72. The maximum atomic E-state index is 5.99. The number of anilines is 1. The van der Waals surface area contributed by atoms with Gasteiger partial charge in [-0.3, -0.25) is 4.90 Å². The lowest BCUT2D eigenvalue weighted by atomic mass is 9.96. The average molecular weight is 204 g/mol. The summed E-state index contributed by atoms with van der Waals surface area (Å²) in [6.45, 7) is 2.70. The van der Waals surface area contributed by atoms with Crippen LogP contribution in [0.3, 0.4) is 0 Å². The number of ether oxygens (including phenoxy) is 1. The molecule has 1 aromatic rings. The summed E-state index contributed by atoms with van der Waals surface area (Å²) < 4.78 is 5.99. The van der Waals surface area contributed by atoms with Crippen LogP contribution in [0.5, 0.6) is 0 Å². The maximum absolute atomic E-state index is 5.99. The Kier molecular flexibility index (Phi) is 1.82. The van der Waals surface area contributed by atoms with Crippen LogP contribution in [0.1, 0.15) is 5.56 Å². The normalized spacial score (nSPS) is 30.1. The SMILES string of the molecule is CN1COC2(C1)CN(C)c1ccccc12. The van der Waals surface area contributed by atoms with Crippen molar-refractivity contribution in [1.82, 2.24) is 4.90 Å². The Balaban J connectivity index is 2.08. The van der Waals surface area contributed by atoms with E-state index in [1.54, 1.807) is 0 Å². The topological polar surface area (TPSA) is 15.7 Å². The van der Waals surface area contributed by atoms with E-state index in [-0.39, 0.29) is 5.60 Å². The number of hydrogen-bond acceptors (Lipinski definition) is 3. The fraction of sp³-hybridized carbons (Fsp3) is 0.500. The lowest BCUT2D eigenvalue weighted by Crippen LogP contribution is -2.35. The van der Waals surface area contributed by atoms with Gasteiger partial charge in [-0.15, -0.1) is 0 Å². The van der Waals surface area contributed by atoms with Gasteiger partial charge in [-0.05, 0) is 13.1 Å². The Labute approximate surface area is 90.2 Å². The number of nitrogens with zero attached hydrogens (tertiary/aromatic N) is 2. The van der Waals surface area contributed by atoms with Crippen molar-refractivity contribution < 1.29 is 4.74 Å². The van der Waals surface area contributed by atoms with Gasteiger partial charge in [-0.25, -0.2) is 0 Å². The summed E-state index contributed by atoms with van der Waals surface area (Å²) in [5, 5.41) is 0. The van der Waals surface area contributed by atoms with E-state index in [4.69, 9.17) is 4.74 Å². The van der Waals surface area contributed by atoms with Crippen molar-refractivity contribution in [2.24, 2.45) is 0 Å². The Morgan fingerprint density at radius 2 is 2.00 bits per heavy atom. The molecule has 3 nitrogen and oxygen atoms in total. The summed E-state index contributed by atoms with van der Waals surface area (Å²) in [5.41, 5.74) is 2.57. The van der Waals surface area contributed by atoms with Gasteiger partial charge in [-0.1, -0.05) is 18.2 Å². The van der Waals surface area contributed by atoms with Crippen LogP contribution in [0.25, 0.3) is 0 Å². The van der Waals surface area contributed by atoms with Crippen molar-refractivity contribution in [2.45, 2.75) is 5.60 Å². The van der Waals surface area contributed by atoms with E-state index < -0.39 is 0 Å². The van der Waals surface area contributed by atoms with Gasteiger partial charge in [0.1, 0.15) is 12.3 Å². The Bertz CT molecular complexity index is 393. The Hall–Kier alpha value is -1.06. The van der Waals surface area contributed by atoms with E-state index in [0.717, 1.165) is 19.8 Å². The quantitative estimate of drug-likeness (QED) is 0.632. The number of likely N-dealkylation sites (N-methyl/N-ethyl adjacent to an activating group) is 2. The van der Waals surface area contributed by atoms with Crippen LogP contribution in [-0.2, 0) is 10.3 Å². The minimum atomic E-state index is -0.0832. The van der Waals surface area contributed by atoms with Gasteiger partial charge in [0.15, 0.2) is 0 Å². The van der Waals surface area contributed by atoms with Crippen LogP contribution >= 0.6 is 0 Å². The Morgan fingerprint density at radius 3 is 2.73 bits per heavy atom. The second-order valence-corrected chi connectivity index (χ2v) is 4.66. The first-order valence-electron chi connectivity index (χ1n) is 5.34. The molecular formula is C12H16N2O. The molecule has 1 atom stereocenters. The van der Waals surface area contributed by atoms with Crippen LogP contribution in [0.4, 0.5) is 5.69 Å². The minimum Gasteiger partial charge on any atom is -0.371 e. The first kappa shape index (κ1) is 9.19. The van der Waals surface area contributed by atoms with E-state index in [0.29, 0.717) is 0 Å². The number of fused-ring (bicyclic) bond motifs is 2. The lowest BCUT2D eigenvalue weighted by molar-refractivity contribution is 0.0153. The number of benzene rings is 1. The molecule has 1 unspecified atom stereocenters. The molecule has 80 valence electrons. The van der Waals surface area contributed by atoms with Crippen LogP contribution in [0.15, 0.2) is 24.3 Å². The molecule has 3 heteroatoms. The van der Waals surface area contributed by atoms with Crippen LogP contribution in [0.2, 0.25) is 0 Å². The fourth-order valence-electron chi connectivity index (χ4n) is 2.76. The molecule has 0 N–H and O–H groups in total. The maximum Gasteiger partial charge on any atom is 0.127 e. The Morgan fingerprint density at radius 1 is 1.20 bits per heavy atom. The van der Waals surface area contributed by atoms with Crippen molar-refractivity contribution in [2.75, 3.05) is 38.8 Å². The summed E-state index contributed by atoms with van der Waals surface area (Å²) in [6, 6.07) is 8.55. The predicted octanol–water partition coefficient (Wildman–Crippen LogP) is 1.25. The van der Waals surface area contributed by atoms with Crippen molar-refractivity contribution in [3.63, 3.8) is 0 Å². The molecule has 15 heavy (non-hydrogen) atoms. The smallest absolute Gasteiger partial charge is 0.127 e. The van der Waals surface area contributed by atoms with E-state index in [1.165, 1.54) is 11.3 Å². The van der Waals surface area contributed by atoms with E-state index in [9.17, 15) is 0 Å². The van der Waals surface area contributed by atoms with Crippen molar-refractivity contribution in [1.29, 1.82) is 0 Å². The van der Waals surface area contributed by atoms with Gasteiger partial charge in [0, 0.05) is 24.8 Å². The molecule has 0 amide bonds. The molecule has 0 aromatic heterocycles. The zero-order valence-corrected chi connectivity index (χ0v) is 9.23. The lowest BCUT2D eigenvalue weighted by Gasteiger charge is -2.22. The first-order chi connectivity index (χ1) is 7.21. The van der Waals surface area contributed by atoms with Crippen molar-refractivity contribution in [3.05, 3.63) is 29.8 Å². The summed E-state index contributed by atoms with van der Waals surface area (Å²) in [6.07, 6.45) is 0. The molecule has 0 aliphatic carbocycles. The molecule has 0 saturated carbocycles. The summed E-state index contributed by atoms with van der Waals surface area (Å²) in [7, 11) is 4.24. The minimum absolute atomic E-state index is 0.0832. The first-order valence-corrected chi connectivity index (χ1v) is 5.34. The van der Waals surface area contributed by atoms with Crippen LogP contribution < -0.4 is 4.90 Å². The number of hydrogen-bond donors (Lipinski definition) is 0. The number of para-hydroxylation sites is 1. The van der Waals surface area contributed by atoms with Gasteiger partial charge >= 0.3 is 0 Å². The predicted molar refractivity (Wildman–Crippen MR) is 60.0 cm³/mol. The van der Waals surface area contributed by atoms with E-state index in [2.05, 4.69) is 48.2 Å². The highest BCUT2D eigenvalue weighted by atomic mass is 16.5. The molecule has 1 fully saturated rings. The highest BCUT2D eigenvalue weighted by Crippen LogP contribution is 2.43. The highest BCUT2D eigenvalue weighted by molar-refractivity contribution is 5.61. The van der Waals surface area contributed by atoms with Crippen LogP contribution in [0, 0.1) is 0 Å². The molecule has 0 bridgehead atoms. The summed E-state index contributed by atoms with van der Waals surface area (Å²) in [5.74, 6) is 0. The molecule has 1 spiro atoms. The van der Waals surface area contributed by atoms with E-state index in [1.807, 2.05) is 0 Å². The van der Waals surface area contributed by atoms with Gasteiger partial charge in [0.25, 0.3) is 0 Å². The van der Waals surface area contributed by atoms with Gasteiger partial charge in [0.05, 0.1) is 6.54 Å². The van der Waals surface area contributed by atoms with Crippen LogP contribution in [-0.4, -0.2) is 38.8 Å². The standard InChI is InChI=1S/C12H16N2O/c1-13-7-12(15-9-13)8-14(2)11-6-4-3-5-10(11)12/h3-6H,7-9H2,1-2H3. The molecular weight excluding hydrogens is 188 g/mol. The molecule has 1 aromatic carbocycles. The molecule has 1 saturated heterocycles. The van der Waals surface area contributed by atoms with Gasteiger partial charge in [0.2, 0.25) is 0 Å². The molecule has 3 rings (SSSR count). The molecule has 2 aliphatic rings. The largest absolute Gasteiger partial charge is 0.371 e. The zero-order chi connectivity index (χ0) is 10.5. The highest BCUT2D eigenvalue weighted by Gasteiger charge is 2.46. The zero-order valence-electron chi connectivity index (χ0n) is 9.23. The number of rotatable bonds is 0. The third kappa shape index (κ3) is 1.20. The third-order valence-corrected chi connectivity index (χ3v) is 3.39. The molecule has 2 heterocycles. The summed E-state index contributed by atoms with van der Waals surface area (Å²) >= 11 is 0. The molecule has 2 aliphatic heterocycles. The third-order valence-electron chi connectivity index (χ3n) is 3.39. The van der Waals surface area contributed by atoms with Crippen molar-refractivity contribution in [3.8, 4) is 0 Å². The second kappa shape index (κ2) is 2.97.